The van der Waals surface area contributed by atoms with Crippen molar-refractivity contribution >= 4 is 5.91 Å². The first kappa shape index (κ1) is 14.3. The summed E-state index contributed by atoms with van der Waals surface area (Å²) < 4.78 is 6.70. The zero-order chi connectivity index (χ0) is 14.4. The summed E-state index contributed by atoms with van der Waals surface area (Å²) >= 11 is 0. The molecule has 20 heavy (non-hydrogen) atoms. The van der Waals surface area contributed by atoms with Crippen LogP contribution in [0.3, 0.4) is 0 Å². The monoisotopic (exact) mass is 273 g/mol. The number of carbonyl (C=O) groups excluding carboxylic acids is 1. The number of ether oxygens (including phenoxy) is 1. The van der Waals surface area contributed by atoms with E-state index in [0.29, 0.717) is 25.8 Å². The summed E-state index contributed by atoms with van der Waals surface area (Å²) in [5, 5.41) is 0. The van der Waals surface area contributed by atoms with Crippen LogP contribution < -0.4 is 10.5 Å². The molecule has 0 aliphatic heterocycles. The molecule has 1 aromatic carbocycles. The molecule has 0 radical (unpaired) electrons. The zero-order valence-electron chi connectivity index (χ0n) is 11.6. The number of nitrogens with zero attached hydrogens (tertiary/aromatic N) is 2. The minimum atomic E-state index is 0.0311. The summed E-state index contributed by atoms with van der Waals surface area (Å²) in [7, 11) is 1.63. The number of rotatable bonds is 6. The second-order valence-corrected chi connectivity index (χ2v) is 4.56. The zero-order valence-corrected chi connectivity index (χ0v) is 11.6. The quantitative estimate of drug-likeness (QED) is 0.869. The fourth-order valence-corrected chi connectivity index (χ4v) is 1.99. The number of hydrogen-bond donors (Lipinski definition) is 1. The van der Waals surface area contributed by atoms with Crippen LogP contribution in [0.4, 0.5) is 0 Å². The van der Waals surface area contributed by atoms with Crippen molar-refractivity contribution in [2.45, 2.75) is 19.3 Å². The van der Waals surface area contributed by atoms with Gasteiger partial charge in [0.05, 0.1) is 12.8 Å². The third-order valence-corrected chi connectivity index (χ3v) is 3.09. The Kier molecular flexibility index (Phi) is 4.90. The molecule has 2 rings (SSSR count). The molecule has 2 aromatic rings. The first-order valence-electron chi connectivity index (χ1n) is 6.62. The van der Waals surface area contributed by atoms with E-state index in [4.69, 9.17) is 10.5 Å². The minimum Gasteiger partial charge on any atom is -0.497 e. The Morgan fingerprint density at radius 3 is 3.00 bits per heavy atom. The standard InChI is InChI=1S/C15H19N3O2/c1-20-14-4-2-3-12(9-14)5-6-15(19)18-10-13(7-8-16)17-11-18/h2-4,9-11H,5-8,16H2,1H3. The molecule has 5 nitrogen and oxygen atoms in total. The molecule has 0 spiro atoms. The van der Waals surface area contributed by atoms with Gasteiger partial charge in [0, 0.05) is 19.0 Å². The lowest BCUT2D eigenvalue weighted by Crippen LogP contribution is -2.09. The molecule has 0 saturated heterocycles. The number of aryl methyl sites for hydroxylation is 1. The molecule has 0 amide bonds. The van der Waals surface area contributed by atoms with Crippen LogP contribution in [0.15, 0.2) is 36.8 Å². The molecule has 2 N–H and O–H groups in total. The first-order valence-corrected chi connectivity index (χ1v) is 6.62. The molecule has 0 bridgehead atoms. The van der Waals surface area contributed by atoms with Gasteiger partial charge < -0.3 is 10.5 Å². The summed E-state index contributed by atoms with van der Waals surface area (Å²) in [6.45, 7) is 0.537. The van der Waals surface area contributed by atoms with E-state index in [-0.39, 0.29) is 5.91 Å². The Labute approximate surface area is 118 Å². The third-order valence-electron chi connectivity index (χ3n) is 3.09. The SMILES string of the molecule is COc1cccc(CCC(=O)n2cnc(CCN)c2)c1. The van der Waals surface area contributed by atoms with Crippen LogP contribution in [0.5, 0.6) is 5.75 Å². The maximum atomic E-state index is 12.1. The van der Waals surface area contributed by atoms with Crippen molar-refractivity contribution in [1.29, 1.82) is 0 Å². The molecular formula is C15H19N3O2. The van der Waals surface area contributed by atoms with E-state index in [1.165, 1.54) is 4.57 Å². The molecule has 0 atom stereocenters. The van der Waals surface area contributed by atoms with Gasteiger partial charge >= 0.3 is 0 Å². The molecule has 1 aromatic heterocycles. The number of benzene rings is 1. The van der Waals surface area contributed by atoms with Gasteiger partial charge in [-0.2, -0.15) is 0 Å². The predicted octanol–water partition coefficient (Wildman–Crippen LogP) is 1.67. The molecule has 5 heteroatoms. The van der Waals surface area contributed by atoms with Crippen LogP contribution in [-0.2, 0) is 12.8 Å². The van der Waals surface area contributed by atoms with Gasteiger partial charge in [0.2, 0.25) is 5.91 Å². The maximum absolute atomic E-state index is 12.1. The topological polar surface area (TPSA) is 70.1 Å². The Bertz CT molecular complexity index is 578. The summed E-state index contributed by atoms with van der Waals surface area (Å²) in [5.41, 5.74) is 7.39. The minimum absolute atomic E-state index is 0.0311. The van der Waals surface area contributed by atoms with Crippen molar-refractivity contribution in [2.75, 3.05) is 13.7 Å². The van der Waals surface area contributed by atoms with Gasteiger partial charge in [-0.05, 0) is 30.7 Å². The van der Waals surface area contributed by atoms with E-state index in [2.05, 4.69) is 4.98 Å². The third kappa shape index (κ3) is 3.68. The number of carbonyl (C=O) groups is 1. The van der Waals surface area contributed by atoms with Gasteiger partial charge in [-0.25, -0.2) is 4.98 Å². The van der Waals surface area contributed by atoms with Crippen LogP contribution in [0.25, 0.3) is 0 Å². The molecule has 0 fully saturated rings. The van der Waals surface area contributed by atoms with Crippen molar-refractivity contribution in [3.63, 3.8) is 0 Å². The second-order valence-electron chi connectivity index (χ2n) is 4.56. The molecule has 0 unspecified atom stereocenters. The van der Waals surface area contributed by atoms with Crippen molar-refractivity contribution in [1.82, 2.24) is 9.55 Å². The van der Waals surface area contributed by atoms with Crippen LogP contribution >= 0.6 is 0 Å². The molecule has 106 valence electrons. The normalized spacial score (nSPS) is 10.5. The lowest BCUT2D eigenvalue weighted by atomic mass is 10.1. The highest BCUT2D eigenvalue weighted by Crippen LogP contribution is 2.14. The highest BCUT2D eigenvalue weighted by molar-refractivity contribution is 5.79. The number of hydrogen-bond acceptors (Lipinski definition) is 4. The van der Waals surface area contributed by atoms with Gasteiger partial charge in [-0.1, -0.05) is 12.1 Å². The van der Waals surface area contributed by atoms with E-state index in [1.54, 1.807) is 19.6 Å². The summed E-state index contributed by atoms with van der Waals surface area (Å²) in [6, 6.07) is 7.75. The first-order chi connectivity index (χ1) is 9.72. The Hall–Kier alpha value is -2.14. The Balaban J connectivity index is 1.93. The van der Waals surface area contributed by atoms with Crippen LogP contribution in [0.1, 0.15) is 22.5 Å². The maximum Gasteiger partial charge on any atom is 0.232 e. The van der Waals surface area contributed by atoms with Crippen molar-refractivity contribution in [3.05, 3.63) is 48.0 Å². The number of imidazole rings is 1. The molecule has 0 saturated carbocycles. The Morgan fingerprint density at radius 1 is 1.40 bits per heavy atom. The van der Waals surface area contributed by atoms with Gasteiger partial charge in [-0.3, -0.25) is 9.36 Å². The Morgan fingerprint density at radius 2 is 2.25 bits per heavy atom. The fraction of sp³-hybridized carbons (Fsp3) is 0.333. The smallest absolute Gasteiger partial charge is 0.232 e. The van der Waals surface area contributed by atoms with Crippen molar-refractivity contribution < 1.29 is 9.53 Å². The number of nitrogens with two attached hydrogens (primary N) is 1. The summed E-state index contributed by atoms with van der Waals surface area (Å²) in [4.78, 5) is 16.2. The number of methoxy groups -OCH3 is 1. The summed E-state index contributed by atoms with van der Waals surface area (Å²) in [5.74, 6) is 0.839. The molecule has 1 heterocycles. The van der Waals surface area contributed by atoms with Gasteiger partial charge in [0.15, 0.2) is 0 Å². The van der Waals surface area contributed by atoms with E-state index >= 15 is 0 Å². The average molecular weight is 273 g/mol. The van der Waals surface area contributed by atoms with Crippen LogP contribution in [0, 0.1) is 0 Å². The summed E-state index contributed by atoms with van der Waals surface area (Å²) in [6.07, 6.45) is 5.11. The second kappa shape index (κ2) is 6.86. The predicted molar refractivity (Wildman–Crippen MR) is 76.9 cm³/mol. The largest absolute Gasteiger partial charge is 0.497 e. The highest BCUT2D eigenvalue weighted by atomic mass is 16.5. The average Bonchev–Trinajstić information content (AvgIpc) is 2.94. The van der Waals surface area contributed by atoms with E-state index in [1.807, 2.05) is 24.3 Å². The van der Waals surface area contributed by atoms with Crippen LogP contribution in [-0.4, -0.2) is 29.1 Å². The lowest BCUT2D eigenvalue weighted by Gasteiger charge is -2.04. The van der Waals surface area contributed by atoms with Crippen molar-refractivity contribution in [2.24, 2.45) is 5.73 Å². The van der Waals surface area contributed by atoms with Gasteiger partial charge in [0.1, 0.15) is 12.1 Å². The lowest BCUT2D eigenvalue weighted by molar-refractivity contribution is 0.0902. The molecule has 0 aliphatic rings. The van der Waals surface area contributed by atoms with Crippen LogP contribution in [0.2, 0.25) is 0 Å². The molecular weight excluding hydrogens is 254 g/mol. The van der Waals surface area contributed by atoms with Gasteiger partial charge in [-0.15, -0.1) is 0 Å². The fourth-order valence-electron chi connectivity index (χ4n) is 1.99. The van der Waals surface area contributed by atoms with Crippen molar-refractivity contribution in [3.8, 4) is 5.75 Å². The number of aromatic nitrogens is 2. The highest BCUT2D eigenvalue weighted by Gasteiger charge is 2.07. The molecule has 0 aliphatic carbocycles. The van der Waals surface area contributed by atoms with E-state index < -0.39 is 0 Å². The van der Waals surface area contributed by atoms with E-state index in [9.17, 15) is 4.79 Å². The van der Waals surface area contributed by atoms with Gasteiger partial charge in [0.25, 0.3) is 0 Å². The van der Waals surface area contributed by atoms with E-state index in [0.717, 1.165) is 17.0 Å².